The fourth-order valence-corrected chi connectivity index (χ4v) is 1.43. The van der Waals surface area contributed by atoms with Crippen LogP contribution in [0.4, 0.5) is 10.2 Å². The van der Waals surface area contributed by atoms with Gasteiger partial charge >= 0.3 is 0 Å². The van der Waals surface area contributed by atoms with Gasteiger partial charge < -0.3 is 5.32 Å². The molecule has 2 heterocycles. The van der Waals surface area contributed by atoms with E-state index in [1.807, 2.05) is 19.1 Å². The van der Waals surface area contributed by atoms with E-state index in [4.69, 9.17) is 0 Å². The summed E-state index contributed by atoms with van der Waals surface area (Å²) in [5.41, 5.74) is 1.04. The van der Waals surface area contributed by atoms with Gasteiger partial charge in [-0.3, -0.25) is 4.98 Å². The average molecular weight is 217 g/mol. The van der Waals surface area contributed by atoms with Gasteiger partial charge in [0.15, 0.2) is 11.6 Å². The first-order chi connectivity index (χ1) is 7.77. The summed E-state index contributed by atoms with van der Waals surface area (Å²) in [6.07, 6.45) is 4.98. The summed E-state index contributed by atoms with van der Waals surface area (Å²) in [7, 11) is 0. The number of nitrogens with zero attached hydrogens (tertiary/aromatic N) is 2. The number of hydrogen-bond donors (Lipinski definition) is 1. The van der Waals surface area contributed by atoms with Crippen LogP contribution in [0.1, 0.15) is 18.5 Å². The third kappa shape index (κ3) is 2.34. The van der Waals surface area contributed by atoms with Gasteiger partial charge in [-0.1, -0.05) is 0 Å². The Kier molecular flexibility index (Phi) is 3.10. The highest BCUT2D eigenvalue weighted by atomic mass is 19.1. The number of anilines is 1. The van der Waals surface area contributed by atoms with Crippen molar-refractivity contribution in [1.82, 2.24) is 9.97 Å². The summed E-state index contributed by atoms with van der Waals surface area (Å²) in [5.74, 6) is -0.0739. The van der Waals surface area contributed by atoms with E-state index in [1.54, 1.807) is 24.7 Å². The number of aromatic nitrogens is 2. The lowest BCUT2D eigenvalue weighted by Gasteiger charge is -2.14. The summed E-state index contributed by atoms with van der Waals surface area (Å²) in [5, 5.41) is 3.01. The predicted octanol–water partition coefficient (Wildman–Crippen LogP) is 2.79. The molecule has 0 bridgehead atoms. The first-order valence-electron chi connectivity index (χ1n) is 5.04. The van der Waals surface area contributed by atoms with Gasteiger partial charge in [-0.05, 0) is 36.8 Å². The van der Waals surface area contributed by atoms with Gasteiger partial charge in [-0.2, -0.15) is 0 Å². The standard InChI is InChI=1S/C12H12FN3/c1-9(10-4-7-14-8-5-10)16-12-11(13)3-2-6-15-12/h2-9H,1H3,(H,15,16). The monoisotopic (exact) mass is 217 g/mol. The van der Waals surface area contributed by atoms with Crippen LogP contribution in [0.5, 0.6) is 0 Å². The fourth-order valence-electron chi connectivity index (χ4n) is 1.43. The lowest BCUT2D eigenvalue weighted by molar-refractivity contribution is 0.621. The van der Waals surface area contributed by atoms with Gasteiger partial charge in [0, 0.05) is 18.6 Å². The maximum atomic E-state index is 13.3. The van der Waals surface area contributed by atoms with E-state index in [0.717, 1.165) is 5.56 Å². The average Bonchev–Trinajstić information content (AvgIpc) is 2.33. The van der Waals surface area contributed by atoms with E-state index in [9.17, 15) is 4.39 Å². The highest BCUT2D eigenvalue weighted by Gasteiger charge is 2.08. The van der Waals surface area contributed by atoms with Gasteiger partial charge in [-0.25, -0.2) is 9.37 Å². The summed E-state index contributed by atoms with van der Waals surface area (Å²) in [6.45, 7) is 1.95. The highest BCUT2D eigenvalue weighted by Crippen LogP contribution is 2.18. The Bertz CT molecular complexity index is 459. The summed E-state index contributed by atoms with van der Waals surface area (Å²) < 4.78 is 13.3. The van der Waals surface area contributed by atoms with E-state index in [2.05, 4.69) is 15.3 Å². The molecular formula is C12H12FN3. The Labute approximate surface area is 93.4 Å². The van der Waals surface area contributed by atoms with Crippen molar-refractivity contribution in [1.29, 1.82) is 0 Å². The molecule has 2 rings (SSSR count). The normalized spacial score (nSPS) is 12.1. The molecule has 0 spiro atoms. The first-order valence-corrected chi connectivity index (χ1v) is 5.04. The largest absolute Gasteiger partial charge is 0.361 e. The van der Waals surface area contributed by atoms with Gasteiger partial charge in [0.2, 0.25) is 0 Å². The second-order valence-corrected chi connectivity index (χ2v) is 3.48. The molecule has 1 unspecified atom stereocenters. The molecule has 0 radical (unpaired) electrons. The number of hydrogen-bond acceptors (Lipinski definition) is 3. The molecule has 0 amide bonds. The molecule has 16 heavy (non-hydrogen) atoms. The smallest absolute Gasteiger partial charge is 0.165 e. The SMILES string of the molecule is CC(Nc1ncccc1F)c1ccncc1. The van der Waals surface area contributed by atoms with E-state index in [-0.39, 0.29) is 17.7 Å². The molecule has 0 aliphatic rings. The van der Waals surface area contributed by atoms with Crippen LogP contribution in [0.3, 0.4) is 0 Å². The van der Waals surface area contributed by atoms with Crippen molar-refractivity contribution >= 4 is 5.82 Å². The number of rotatable bonds is 3. The maximum Gasteiger partial charge on any atom is 0.165 e. The molecular weight excluding hydrogens is 205 g/mol. The van der Waals surface area contributed by atoms with E-state index < -0.39 is 0 Å². The molecule has 0 aromatic carbocycles. The lowest BCUT2D eigenvalue weighted by atomic mass is 10.1. The summed E-state index contributed by atoms with van der Waals surface area (Å²) in [4.78, 5) is 7.88. The van der Waals surface area contributed by atoms with Crippen LogP contribution >= 0.6 is 0 Å². The third-order valence-corrected chi connectivity index (χ3v) is 2.32. The van der Waals surface area contributed by atoms with Crippen LogP contribution in [0, 0.1) is 5.82 Å². The van der Waals surface area contributed by atoms with Crippen molar-refractivity contribution in [3.05, 3.63) is 54.2 Å². The molecule has 4 heteroatoms. The highest BCUT2D eigenvalue weighted by molar-refractivity contribution is 5.38. The summed E-state index contributed by atoms with van der Waals surface area (Å²) >= 11 is 0. The van der Waals surface area contributed by atoms with Gasteiger partial charge in [0.1, 0.15) is 0 Å². The molecule has 0 fully saturated rings. The predicted molar refractivity (Wildman–Crippen MR) is 60.5 cm³/mol. The molecule has 0 aliphatic heterocycles. The number of pyridine rings is 2. The van der Waals surface area contributed by atoms with Gasteiger partial charge in [0.25, 0.3) is 0 Å². The molecule has 82 valence electrons. The van der Waals surface area contributed by atoms with Crippen LogP contribution in [0.25, 0.3) is 0 Å². The maximum absolute atomic E-state index is 13.3. The van der Waals surface area contributed by atoms with Crippen molar-refractivity contribution in [2.45, 2.75) is 13.0 Å². The zero-order valence-corrected chi connectivity index (χ0v) is 8.89. The Morgan fingerprint density at radius 3 is 2.62 bits per heavy atom. The Balaban J connectivity index is 2.14. The summed E-state index contributed by atoms with van der Waals surface area (Å²) in [6, 6.07) is 6.72. The van der Waals surface area contributed by atoms with E-state index in [0.29, 0.717) is 0 Å². The Morgan fingerprint density at radius 2 is 1.94 bits per heavy atom. The zero-order chi connectivity index (χ0) is 11.4. The Morgan fingerprint density at radius 1 is 1.19 bits per heavy atom. The van der Waals surface area contributed by atoms with E-state index in [1.165, 1.54) is 6.07 Å². The fraction of sp³-hybridized carbons (Fsp3) is 0.167. The lowest BCUT2D eigenvalue weighted by Crippen LogP contribution is -2.09. The van der Waals surface area contributed by atoms with Crippen LogP contribution in [0.15, 0.2) is 42.9 Å². The molecule has 2 aromatic heterocycles. The third-order valence-electron chi connectivity index (χ3n) is 2.32. The minimum absolute atomic E-state index is 0.00704. The van der Waals surface area contributed by atoms with Crippen molar-refractivity contribution in [3.8, 4) is 0 Å². The van der Waals surface area contributed by atoms with E-state index >= 15 is 0 Å². The van der Waals surface area contributed by atoms with Crippen molar-refractivity contribution in [2.75, 3.05) is 5.32 Å². The van der Waals surface area contributed by atoms with Crippen molar-refractivity contribution in [3.63, 3.8) is 0 Å². The molecule has 0 saturated heterocycles. The molecule has 0 saturated carbocycles. The number of halogens is 1. The Hall–Kier alpha value is -1.97. The van der Waals surface area contributed by atoms with Gasteiger partial charge in [0.05, 0.1) is 6.04 Å². The van der Waals surface area contributed by atoms with Crippen LogP contribution in [-0.4, -0.2) is 9.97 Å². The molecule has 0 aliphatic carbocycles. The number of nitrogens with one attached hydrogen (secondary N) is 1. The van der Waals surface area contributed by atoms with Crippen LogP contribution < -0.4 is 5.32 Å². The van der Waals surface area contributed by atoms with Crippen molar-refractivity contribution < 1.29 is 4.39 Å². The second kappa shape index (κ2) is 4.70. The van der Waals surface area contributed by atoms with Crippen molar-refractivity contribution in [2.24, 2.45) is 0 Å². The molecule has 1 N–H and O–H groups in total. The topological polar surface area (TPSA) is 37.8 Å². The van der Waals surface area contributed by atoms with Gasteiger partial charge in [-0.15, -0.1) is 0 Å². The molecule has 1 atom stereocenters. The second-order valence-electron chi connectivity index (χ2n) is 3.48. The van der Waals surface area contributed by atoms with Crippen LogP contribution in [-0.2, 0) is 0 Å². The van der Waals surface area contributed by atoms with Crippen LogP contribution in [0.2, 0.25) is 0 Å². The zero-order valence-electron chi connectivity index (χ0n) is 8.89. The minimum atomic E-state index is -0.344. The molecule has 3 nitrogen and oxygen atoms in total. The first kappa shape index (κ1) is 10.5. The quantitative estimate of drug-likeness (QED) is 0.859. The molecule has 2 aromatic rings. The minimum Gasteiger partial charge on any atom is -0.361 e.